The lowest BCUT2D eigenvalue weighted by Gasteiger charge is -2.34. The molecule has 114 valence electrons. The molecule has 6 heteroatoms. The van der Waals surface area contributed by atoms with Crippen LogP contribution in [0, 0.1) is 11.8 Å². The lowest BCUT2D eigenvalue weighted by Crippen LogP contribution is -2.32. The van der Waals surface area contributed by atoms with Gasteiger partial charge >= 0.3 is 0 Å². The Kier molecular flexibility index (Phi) is 5.48. The van der Waals surface area contributed by atoms with Crippen molar-refractivity contribution in [3.63, 3.8) is 0 Å². The molecule has 4 unspecified atom stereocenters. The number of nitrogens with one attached hydrogen (secondary N) is 1. The summed E-state index contributed by atoms with van der Waals surface area (Å²) in [5, 5.41) is 15.8. The van der Waals surface area contributed by atoms with Gasteiger partial charge in [0.25, 0.3) is 0 Å². The summed E-state index contributed by atoms with van der Waals surface area (Å²) in [6.07, 6.45) is 3.76. The number of tetrazole rings is 1. The van der Waals surface area contributed by atoms with E-state index in [1.54, 1.807) is 7.11 Å². The smallest absolute Gasteiger partial charge is 0.168 e. The van der Waals surface area contributed by atoms with Crippen molar-refractivity contribution in [3.05, 3.63) is 5.82 Å². The first kappa shape index (κ1) is 15.4. The summed E-state index contributed by atoms with van der Waals surface area (Å²) in [5.74, 6) is 2.30. The van der Waals surface area contributed by atoms with Crippen LogP contribution in [0.15, 0.2) is 0 Å². The summed E-state index contributed by atoms with van der Waals surface area (Å²) >= 11 is 0. The van der Waals surface area contributed by atoms with Crippen molar-refractivity contribution in [2.24, 2.45) is 11.8 Å². The van der Waals surface area contributed by atoms with Crippen molar-refractivity contribution in [2.45, 2.75) is 52.1 Å². The molecule has 1 aromatic rings. The van der Waals surface area contributed by atoms with Crippen LogP contribution in [0.4, 0.5) is 0 Å². The zero-order valence-electron chi connectivity index (χ0n) is 13.0. The molecule has 1 aliphatic carbocycles. The highest BCUT2D eigenvalue weighted by Crippen LogP contribution is 2.37. The van der Waals surface area contributed by atoms with Gasteiger partial charge in [-0.15, -0.1) is 5.10 Å². The zero-order valence-corrected chi connectivity index (χ0v) is 13.0. The van der Waals surface area contributed by atoms with Gasteiger partial charge in [-0.1, -0.05) is 26.7 Å². The maximum Gasteiger partial charge on any atom is 0.168 e. The van der Waals surface area contributed by atoms with Crippen LogP contribution in [-0.2, 0) is 4.74 Å². The molecule has 0 spiro atoms. The average molecular weight is 281 g/mol. The summed E-state index contributed by atoms with van der Waals surface area (Å²) in [4.78, 5) is 0. The van der Waals surface area contributed by atoms with E-state index in [0.717, 1.165) is 18.3 Å². The second kappa shape index (κ2) is 7.13. The number of nitrogens with zero attached hydrogens (tertiary/aromatic N) is 4. The SMILES string of the molecule is COCCNC(C)c1nnnn1C1CCCC(C)C1C. The largest absolute Gasteiger partial charge is 0.383 e. The van der Waals surface area contributed by atoms with E-state index in [0.29, 0.717) is 18.6 Å². The van der Waals surface area contributed by atoms with E-state index in [9.17, 15) is 0 Å². The normalized spacial score (nSPS) is 28.5. The molecule has 1 fully saturated rings. The maximum absolute atomic E-state index is 5.07. The Morgan fingerprint density at radius 1 is 1.40 bits per heavy atom. The highest BCUT2D eigenvalue weighted by atomic mass is 16.5. The zero-order chi connectivity index (χ0) is 14.5. The van der Waals surface area contributed by atoms with Gasteiger partial charge < -0.3 is 10.1 Å². The molecule has 20 heavy (non-hydrogen) atoms. The molecule has 2 rings (SSSR count). The number of methoxy groups -OCH3 is 1. The summed E-state index contributed by atoms with van der Waals surface area (Å²) < 4.78 is 7.11. The van der Waals surface area contributed by atoms with Crippen LogP contribution in [0.3, 0.4) is 0 Å². The average Bonchev–Trinajstić information content (AvgIpc) is 2.91. The van der Waals surface area contributed by atoms with Crippen LogP contribution >= 0.6 is 0 Å². The van der Waals surface area contributed by atoms with Crippen molar-refractivity contribution in [3.8, 4) is 0 Å². The van der Waals surface area contributed by atoms with Gasteiger partial charge in [0, 0.05) is 13.7 Å². The molecule has 6 nitrogen and oxygen atoms in total. The molecule has 1 heterocycles. The predicted octanol–water partition coefficient (Wildman–Crippen LogP) is 1.97. The Bertz CT molecular complexity index is 408. The van der Waals surface area contributed by atoms with Gasteiger partial charge in [-0.25, -0.2) is 4.68 Å². The van der Waals surface area contributed by atoms with Crippen LogP contribution in [0.25, 0.3) is 0 Å². The third kappa shape index (κ3) is 3.35. The fourth-order valence-corrected chi connectivity index (χ4v) is 3.09. The molecule has 0 radical (unpaired) electrons. The first-order valence-electron chi connectivity index (χ1n) is 7.65. The maximum atomic E-state index is 5.07. The molecular weight excluding hydrogens is 254 g/mol. The fraction of sp³-hybridized carbons (Fsp3) is 0.929. The van der Waals surface area contributed by atoms with E-state index in [-0.39, 0.29) is 6.04 Å². The molecule has 1 aromatic heterocycles. The summed E-state index contributed by atoms with van der Waals surface area (Å²) in [5.41, 5.74) is 0. The molecule has 1 N–H and O–H groups in total. The van der Waals surface area contributed by atoms with Crippen molar-refractivity contribution < 1.29 is 4.74 Å². The molecule has 1 saturated carbocycles. The first-order valence-corrected chi connectivity index (χ1v) is 7.65. The fourth-order valence-electron chi connectivity index (χ4n) is 3.09. The quantitative estimate of drug-likeness (QED) is 0.808. The van der Waals surface area contributed by atoms with E-state index in [2.05, 4.69) is 41.6 Å². The number of ether oxygens (including phenoxy) is 1. The highest BCUT2D eigenvalue weighted by Gasteiger charge is 2.31. The van der Waals surface area contributed by atoms with Crippen molar-refractivity contribution in [1.29, 1.82) is 0 Å². The Balaban J connectivity index is 2.07. The van der Waals surface area contributed by atoms with E-state index in [1.807, 2.05) is 4.68 Å². The van der Waals surface area contributed by atoms with E-state index in [1.165, 1.54) is 19.3 Å². The van der Waals surface area contributed by atoms with Gasteiger partial charge in [0.1, 0.15) is 0 Å². The van der Waals surface area contributed by atoms with Crippen molar-refractivity contribution >= 4 is 0 Å². The van der Waals surface area contributed by atoms with Gasteiger partial charge in [-0.2, -0.15) is 0 Å². The number of aromatic nitrogens is 4. The number of rotatable bonds is 6. The molecule has 0 saturated heterocycles. The van der Waals surface area contributed by atoms with Gasteiger partial charge in [-0.3, -0.25) is 0 Å². The molecule has 4 atom stereocenters. The highest BCUT2D eigenvalue weighted by molar-refractivity contribution is 4.94. The molecule has 0 aliphatic heterocycles. The van der Waals surface area contributed by atoms with Gasteiger partial charge in [0.05, 0.1) is 18.7 Å². The van der Waals surface area contributed by atoms with Crippen LogP contribution in [0.2, 0.25) is 0 Å². The Hall–Kier alpha value is -1.01. The van der Waals surface area contributed by atoms with E-state index < -0.39 is 0 Å². The summed E-state index contributed by atoms with van der Waals surface area (Å²) in [7, 11) is 1.71. The van der Waals surface area contributed by atoms with Crippen molar-refractivity contribution in [2.75, 3.05) is 20.3 Å². The van der Waals surface area contributed by atoms with E-state index >= 15 is 0 Å². The molecule has 0 amide bonds. The van der Waals surface area contributed by atoms with Crippen LogP contribution in [0.5, 0.6) is 0 Å². The molecular formula is C14H27N5O. The Morgan fingerprint density at radius 3 is 2.95 bits per heavy atom. The van der Waals surface area contributed by atoms with Crippen molar-refractivity contribution in [1.82, 2.24) is 25.5 Å². The minimum absolute atomic E-state index is 0.143. The Morgan fingerprint density at radius 2 is 2.20 bits per heavy atom. The van der Waals surface area contributed by atoms with Crippen LogP contribution in [-0.4, -0.2) is 40.5 Å². The summed E-state index contributed by atoms with van der Waals surface area (Å²) in [6.45, 7) is 8.27. The van der Waals surface area contributed by atoms with Crippen LogP contribution < -0.4 is 5.32 Å². The molecule has 1 aliphatic rings. The molecule has 0 bridgehead atoms. The standard InChI is InChI=1S/C14H27N5O/c1-10-6-5-7-13(11(10)2)19-14(16-17-18-19)12(3)15-8-9-20-4/h10-13,15H,5-9H2,1-4H3. The lowest BCUT2D eigenvalue weighted by atomic mass is 9.78. The third-order valence-electron chi connectivity index (χ3n) is 4.64. The minimum atomic E-state index is 0.143. The minimum Gasteiger partial charge on any atom is -0.383 e. The Labute approximate surface area is 121 Å². The number of hydrogen-bond acceptors (Lipinski definition) is 5. The first-order chi connectivity index (χ1) is 9.65. The van der Waals surface area contributed by atoms with Gasteiger partial charge in [-0.05, 0) is 35.6 Å². The third-order valence-corrected chi connectivity index (χ3v) is 4.64. The predicted molar refractivity (Wildman–Crippen MR) is 77.3 cm³/mol. The topological polar surface area (TPSA) is 64.9 Å². The second-order valence-corrected chi connectivity index (χ2v) is 5.98. The van der Waals surface area contributed by atoms with Gasteiger partial charge in [0.2, 0.25) is 0 Å². The number of hydrogen-bond donors (Lipinski definition) is 1. The van der Waals surface area contributed by atoms with Gasteiger partial charge in [0.15, 0.2) is 5.82 Å². The monoisotopic (exact) mass is 281 g/mol. The second-order valence-electron chi connectivity index (χ2n) is 5.98. The van der Waals surface area contributed by atoms with E-state index in [4.69, 9.17) is 4.74 Å². The summed E-state index contributed by atoms with van der Waals surface area (Å²) in [6, 6.07) is 0.569. The lowest BCUT2D eigenvalue weighted by molar-refractivity contribution is 0.165. The van der Waals surface area contributed by atoms with Crippen LogP contribution in [0.1, 0.15) is 57.9 Å². The molecule has 0 aromatic carbocycles.